The zero-order valence-electron chi connectivity index (χ0n) is 17.8. The molecular formula is C25H18N2O3. The Morgan fingerprint density at radius 2 is 1.90 bits per heavy atom. The van der Waals surface area contributed by atoms with Crippen LogP contribution in [0.3, 0.4) is 0 Å². The van der Waals surface area contributed by atoms with Crippen molar-refractivity contribution in [2.24, 2.45) is 4.99 Å². The highest BCUT2D eigenvalue weighted by atomic mass is 16.5. The van der Waals surface area contributed by atoms with Crippen molar-refractivity contribution < 1.29 is 17.3 Å². The van der Waals surface area contributed by atoms with E-state index in [1.165, 1.54) is 0 Å². The van der Waals surface area contributed by atoms with Crippen molar-refractivity contribution in [1.29, 1.82) is 0 Å². The number of para-hydroxylation sites is 1. The van der Waals surface area contributed by atoms with Crippen molar-refractivity contribution in [3.63, 3.8) is 0 Å². The van der Waals surface area contributed by atoms with Crippen LogP contribution in [0.5, 0.6) is 17.4 Å². The molecule has 0 radical (unpaired) electrons. The maximum absolute atomic E-state index is 10.1. The first-order valence-electron chi connectivity index (χ1n) is 10.7. The third kappa shape index (κ3) is 2.78. The molecule has 2 heterocycles. The smallest absolute Gasteiger partial charge is 0.219 e. The summed E-state index contributed by atoms with van der Waals surface area (Å²) in [5, 5.41) is 10.9. The number of ether oxygens (including phenoxy) is 2. The van der Waals surface area contributed by atoms with E-state index in [-0.39, 0.29) is 11.8 Å². The molecule has 3 aromatic carbocycles. The highest BCUT2D eigenvalue weighted by molar-refractivity contribution is 5.96. The predicted molar refractivity (Wildman–Crippen MR) is 114 cm³/mol. The zero-order chi connectivity index (χ0) is 21.9. The molecule has 0 amide bonds. The molecule has 1 aliphatic heterocycles. The summed E-state index contributed by atoms with van der Waals surface area (Å²) >= 11 is 0. The van der Waals surface area contributed by atoms with Gasteiger partial charge in [0.1, 0.15) is 29.2 Å². The minimum Gasteiger partial charge on any atom is -0.506 e. The molecule has 5 heteroatoms. The monoisotopic (exact) mass is 396 g/mol. The van der Waals surface area contributed by atoms with Gasteiger partial charge in [0.25, 0.3) is 0 Å². The Morgan fingerprint density at radius 1 is 1.00 bits per heavy atom. The number of pyridine rings is 1. The fourth-order valence-corrected chi connectivity index (χ4v) is 3.92. The van der Waals surface area contributed by atoms with Crippen LogP contribution in [0.2, 0.25) is 0 Å². The highest BCUT2D eigenvalue weighted by Crippen LogP contribution is 2.41. The van der Waals surface area contributed by atoms with Crippen LogP contribution in [0, 0.1) is 0 Å². The highest BCUT2D eigenvalue weighted by Gasteiger charge is 2.39. The van der Waals surface area contributed by atoms with Crippen molar-refractivity contribution in [1.82, 2.24) is 4.98 Å². The van der Waals surface area contributed by atoms with Crippen LogP contribution in [0.1, 0.15) is 25.5 Å². The molecule has 1 N–H and O–H groups in total. The van der Waals surface area contributed by atoms with Crippen LogP contribution in [-0.2, 0) is 11.1 Å². The predicted octanol–water partition coefficient (Wildman–Crippen LogP) is 5.18. The molecule has 1 aliphatic carbocycles. The molecule has 4 aromatic rings. The number of hydrogen-bond acceptors (Lipinski definition) is 5. The van der Waals surface area contributed by atoms with Gasteiger partial charge in [-0.25, -0.2) is 9.98 Å². The van der Waals surface area contributed by atoms with Gasteiger partial charge in [0.2, 0.25) is 11.8 Å². The van der Waals surface area contributed by atoms with Crippen LogP contribution >= 0.6 is 0 Å². The lowest BCUT2D eigenvalue weighted by atomic mass is 10.1. The van der Waals surface area contributed by atoms with E-state index in [1.54, 1.807) is 36.4 Å². The summed E-state index contributed by atoms with van der Waals surface area (Å²) in [6, 6.07) is 23.1. The molecule has 5 nitrogen and oxygen atoms in total. The van der Waals surface area contributed by atoms with Gasteiger partial charge in [-0.05, 0) is 41.5 Å². The summed E-state index contributed by atoms with van der Waals surface area (Å²) < 4.78 is 29.0. The number of aromatic nitrogens is 1. The van der Waals surface area contributed by atoms with E-state index in [0.29, 0.717) is 34.2 Å². The average Bonchev–Trinajstić information content (AvgIpc) is 3.34. The second-order valence-electron chi connectivity index (χ2n) is 7.28. The Hall–Kier alpha value is -3.86. The van der Waals surface area contributed by atoms with Crippen molar-refractivity contribution in [2.75, 3.05) is 0 Å². The summed E-state index contributed by atoms with van der Waals surface area (Å²) in [6.45, 7) is 0. The van der Waals surface area contributed by atoms with E-state index >= 15 is 0 Å². The lowest BCUT2D eigenvalue weighted by molar-refractivity contribution is 0.206. The first kappa shape index (κ1) is 15.0. The van der Waals surface area contributed by atoms with Gasteiger partial charge in [-0.1, -0.05) is 42.5 Å². The van der Waals surface area contributed by atoms with Crippen LogP contribution in [0.25, 0.3) is 10.9 Å². The number of phenolic OH excluding ortho intramolecular Hbond substituents is 1. The summed E-state index contributed by atoms with van der Waals surface area (Å²) in [7, 11) is 0. The van der Waals surface area contributed by atoms with Gasteiger partial charge in [0.15, 0.2) is 0 Å². The Bertz CT molecular complexity index is 1400. The maximum Gasteiger partial charge on any atom is 0.219 e. The molecule has 30 heavy (non-hydrogen) atoms. The first-order chi connectivity index (χ1) is 15.5. The van der Waals surface area contributed by atoms with E-state index in [9.17, 15) is 5.11 Å². The molecule has 0 spiro atoms. The lowest BCUT2D eigenvalue weighted by Crippen LogP contribution is -2.13. The number of nitrogens with zero attached hydrogens (tertiary/aromatic N) is 2. The molecule has 146 valence electrons. The maximum atomic E-state index is 10.1. The minimum absolute atomic E-state index is 0.0940. The van der Waals surface area contributed by atoms with E-state index in [2.05, 4.69) is 4.98 Å². The van der Waals surface area contributed by atoms with Gasteiger partial charge < -0.3 is 14.6 Å². The van der Waals surface area contributed by atoms with Crippen molar-refractivity contribution in [3.05, 3.63) is 95.6 Å². The van der Waals surface area contributed by atoms with Gasteiger partial charge in [-0.2, -0.15) is 0 Å². The van der Waals surface area contributed by atoms with Crippen LogP contribution in [0.4, 0.5) is 0 Å². The number of aromatic hydroxyl groups is 1. The Balaban J connectivity index is 1.31. The van der Waals surface area contributed by atoms with E-state index < -0.39 is 12.5 Å². The molecule has 2 atom stereocenters. The number of hydrogen-bond donors (Lipinski definition) is 1. The molecular weight excluding hydrogens is 376 g/mol. The Morgan fingerprint density at radius 3 is 2.87 bits per heavy atom. The third-order valence-electron chi connectivity index (χ3n) is 5.34. The summed E-state index contributed by atoms with van der Waals surface area (Å²) in [6.07, 6.45) is -2.30. The molecule has 0 saturated carbocycles. The van der Waals surface area contributed by atoms with Crippen molar-refractivity contribution in [3.8, 4) is 17.4 Å². The lowest BCUT2D eigenvalue weighted by Gasteiger charge is -2.10. The van der Waals surface area contributed by atoms with E-state index in [0.717, 1.165) is 10.9 Å². The van der Waals surface area contributed by atoms with Gasteiger partial charge >= 0.3 is 0 Å². The van der Waals surface area contributed by atoms with E-state index in [4.69, 9.17) is 17.2 Å². The summed E-state index contributed by atoms with van der Waals surface area (Å²) in [5.74, 6) is 1.38. The molecule has 0 fully saturated rings. The molecule has 0 unspecified atom stereocenters. The van der Waals surface area contributed by atoms with Crippen molar-refractivity contribution in [2.45, 2.75) is 18.5 Å². The second kappa shape index (κ2) is 6.59. The van der Waals surface area contributed by atoms with Gasteiger partial charge in [0, 0.05) is 26.1 Å². The van der Waals surface area contributed by atoms with Crippen LogP contribution in [-0.4, -0.2) is 22.1 Å². The van der Waals surface area contributed by atoms with Crippen LogP contribution in [0.15, 0.2) is 83.9 Å². The van der Waals surface area contributed by atoms with Crippen molar-refractivity contribution >= 4 is 16.8 Å². The number of phenols is 1. The molecule has 0 bridgehead atoms. The fourth-order valence-electron chi connectivity index (χ4n) is 3.92. The first-order valence-corrected chi connectivity index (χ1v) is 9.71. The standard InChI is InChI=1S/C25H18N2O3/c28-20-10-4-6-15-11-12-22(26-23(15)20)29-18-8-3-7-17(13-18)25-27-24-19-9-2-1-5-16(19)14-21(24)30-25/h1-13,21,24,28H,14H2/t21-,24+/m1/s1/i14D2. The average molecular weight is 396 g/mol. The van der Waals surface area contributed by atoms with Gasteiger partial charge in [-0.3, -0.25) is 0 Å². The fraction of sp³-hybridized carbons (Fsp3) is 0.120. The van der Waals surface area contributed by atoms with Gasteiger partial charge in [0.05, 0.1) is 0 Å². The number of rotatable bonds is 3. The van der Waals surface area contributed by atoms with Gasteiger partial charge in [-0.15, -0.1) is 0 Å². The quantitative estimate of drug-likeness (QED) is 0.519. The van der Waals surface area contributed by atoms with Crippen LogP contribution < -0.4 is 4.74 Å². The summed E-state index contributed by atoms with van der Waals surface area (Å²) in [5.41, 5.74) is 2.68. The Labute approximate surface area is 176 Å². The van der Waals surface area contributed by atoms with E-state index in [1.807, 2.05) is 42.5 Å². The zero-order valence-corrected chi connectivity index (χ0v) is 15.8. The molecule has 6 rings (SSSR count). The minimum atomic E-state index is -1.61. The number of benzene rings is 3. The summed E-state index contributed by atoms with van der Waals surface area (Å²) in [4.78, 5) is 9.11. The molecule has 0 saturated heterocycles. The number of fused-ring (bicyclic) bond motifs is 4. The molecule has 1 aromatic heterocycles. The number of aliphatic imine (C=N–C) groups is 1. The largest absolute Gasteiger partial charge is 0.506 e. The second-order valence-corrected chi connectivity index (χ2v) is 7.28. The topological polar surface area (TPSA) is 63.9 Å². The Kier molecular flexibility index (Phi) is 3.31. The molecule has 2 aliphatic rings. The SMILES string of the molecule is [2H]C1([2H])c2ccccc2[C@@H]2N=C(c3cccc(Oc4ccc5cccc(O)c5n4)c3)O[C@@H]21. The normalized spacial score (nSPS) is 21.8. The third-order valence-corrected chi connectivity index (χ3v) is 5.34.